The molecule has 0 aliphatic rings. The van der Waals surface area contributed by atoms with Gasteiger partial charge in [-0.2, -0.15) is 0 Å². The van der Waals surface area contributed by atoms with Gasteiger partial charge in [-0.1, -0.05) is 26.7 Å². The zero-order chi connectivity index (χ0) is 11.0. The Balaban J connectivity index is 0. The standard InChI is InChI=1S/C11H24N2O.ClH/c1-4-6-8-13(9-7-5-2)11(14)10(3)12;/h10H,4-9,12H2,1-3H3;1H. The number of nitrogens with two attached hydrogens (primary N) is 1. The number of rotatable bonds is 7. The van der Waals surface area contributed by atoms with Crippen LogP contribution in [0.15, 0.2) is 0 Å². The second kappa shape index (κ2) is 10.2. The second-order valence-electron chi connectivity index (χ2n) is 3.82. The van der Waals surface area contributed by atoms with E-state index < -0.39 is 0 Å². The van der Waals surface area contributed by atoms with E-state index in [-0.39, 0.29) is 24.4 Å². The van der Waals surface area contributed by atoms with Crippen LogP contribution in [0.5, 0.6) is 0 Å². The number of amides is 1. The number of unbranched alkanes of at least 4 members (excludes halogenated alkanes) is 2. The molecule has 0 aliphatic carbocycles. The van der Waals surface area contributed by atoms with Gasteiger partial charge in [-0.15, -0.1) is 12.4 Å². The van der Waals surface area contributed by atoms with Crippen LogP contribution in [0.3, 0.4) is 0 Å². The Bertz CT molecular complexity index is 155. The molecule has 2 N–H and O–H groups in total. The van der Waals surface area contributed by atoms with Crippen LogP contribution in [0.2, 0.25) is 0 Å². The highest BCUT2D eigenvalue weighted by atomic mass is 35.5. The Morgan fingerprint density at radius 2 is 1.60 bits per heavy atom. The van der Waals surface area contributed by atoms with Gasteiger partial charge in [-0.3, -0.25) is 4.79 Å². The van der Waals surface area contributed by atoms with Crippen molar-refractivity contribution in [3.05, 3.63) is 0 Å². The smallest absolute Gasteiger partial charge is 0.239 e. The fourth-order valence-corrected chi connectivity index (χ4v) is 1.32. The number of hydrogen-bond donors (Lipinski definition) is 1. The molecular formula is C11H25ClN2O. The number of halogens is 1. The highest BCUT2D eigenvalue weighted by Crippen LogP contribution is 2.01. The van der Waals surface area contributed by atoms with Crippen LogP contribution in [0.25, 0.3) is 0 Å². The molecule has 0 radical (unpaired) electrons. The highest BCUT2D eigenvalue weighted by Gasteiger charge is 2.15. The molecule has 0 heterocycles. The van der Waals surface area contributed by atoms with Crippen LogP contribution >= 0.6 is 12.4 Å². The molecule has 0 aromatic rings. The maximum Gasteiger partial charge on any atom is 0.239 e. The molecule has 0 fully saturated rings. The predicted molar refractivity (Wildman–Crippen MR) is 67.3 cm³/mol. The van der Waals surface area contributed by atoms with E-state index in [4.69, 9.17) is 5.73 Å². The summed E-state index contributed by atoms with van der Waals surface area (Å²) in [5, 5.41) is 0. The van der Waals surface area contributed by atoms with Gasteiger partial charge in [0.1, 0.15) is 0 Å². The van der Waals surface area contributed by atoms with Crippen molar-refractivity contribution in [3.63, 3.8) is 0 Å². The first-order valence-electron chi connectivity index (χ1n) is 5.67. The van der Waals surface area contributed by atoms with E-state index in [0.717, 1.165) is 38.8 Å². The first kappa shape index (κ1) is 17.1. The Morgan fingerprint density at radius 1 is 1.20 bits per heavy atom. The zero-order valence-corrected chi connectivity index (χ0v) is 11.0. The van der Waals surface area contributed by atoms with Crippen molar-refractivity contribution >= 4 is 18.3 Å². The summed E-state index contributed by atoms with van der Waals surface area (Å²) in [4.78, 5) is 13.6. The summed E-state index contributed by atoms with van der Waals surface area (Å²) in [5.41, 5.74) is 5.59. The molecule has 0 spiro atoms. The topological polar surface area (TPSA) is 46.3 Å². The van der Waals surface area contributed by atoms with E-state index in [1.165, 1.54) is 0 Å². The predicted octanol–water partition coefficient (Wildman–Crippen LogP) is 2.18. The van der Waals surface area contributed by atoms with Crippen molar-refractivity contribution in [2.24, 2.45) is 5.73 Å². The van der Waals surface area contributed by atoms with Gasteiger partial charge < -0.3 is 10.6 Å². The van der Waals surface area contributed by atoms with Gasteiger partial charge in [0.15, 0.2) is 0 Å². The largest absolute Gasteiger partial charge is 0.341 e. The molecule has 92 valence electrons. The number of carbonyl (C=O) groups excluding carboxylic acids is 1. The first-order chi connectivity index (χ1) is 6.63. The average molecular weight is 237 g/mol. The van der Waals surface area contributed by atoms with Gasteiger partial charge in [0, 0.05) is 13.1 Å². The molecular weight excluding hydrogens is 212 g/mol. The summed E-state index contributed by atoms with van der Waals surface area (Å²) in [6.45, 7) is 7.74. The highest BCUT2D eigenvalue weighted by molar-refractivity contribution is 5.85. The molecule has 0 saturated carbocycles. The average Bonchev–Trinajstić information content (AvgIpc) is 2.17. The minimum atomic E-state index is -0.358. The lowest BCUT2D eigenvalue weighted by Crippen LogP contribution is -2.43. The van der Waals surface area contributed by atoms with Crippen molar-refractivity contribution in [3.8, 4) is 0 Å². The van der Waals surface area contributed by atoms with Gasteiger partial charge in [0.05, 0.1) is 6.04 Å². The molecule has 4 heteroatoms. The van der Waals surface area contributed by atoms with Crippen LogP contribution in [0.1, 0.15) is 46.5 Å². The number of nitrogens with zero attached hydrogens (tertiary/aromatic N) is 1. The third-order valence-electron chi connectivity index (χ3n) is 2.26. The van der Waals surface area contributed by atoms with E-state index >= 15 is 0 Å². The summed E-state index contributed by atoms with van der Waals surface area (Å²) >= 11 is 0. The van der Waals surface area contributed by atoms with E-state index in [9.17, 15) is 4.79 Å². The van der Waals surface area contributed by atoms with Crippen molar-refractivity contribution in [2.45, 2.75) is 52.5 Å². The lowest BCUT2D eigenvalue weighted by molar-refractivity contribution is -0.132. The van der Waals surface area contributed by atoms with E-state index in [1.807, 2.05) is 4.90 Å². The molecule has 1 atom stereocenters. The molecule has 0 saturated heterocycles. The maximum absolute atomic E-state index is 11.7. The Morgan fingerprint density at radius 3 is 1.87 bits per heavy atom. The van der Waals surface area contributed by atoms with Crippen molar-refractivity contribution < 1.29 is 4.79 Å². The Kier molecular flexibility index (Phi) is 11.7. The number of carbonyl (C=O) groups is 1. The van der Waals surface area contributed by atoms with Gasteiger partial charge >= 0.3 is 0 Å². The summed E-state index contributed by atoms with van der Waals surface area (Å²) in [5.74, 6) is 0.0897. The van der Waals surface area contributed by atoms with Gasteiger partial charge in [0.25, 0.3) is 0 Å². The maximum atomic E-state index is 11.7. The van der Waals surface area contributed by atoms with Crippen LogP contribution in [-0.2, 0) is 4.79 Å². The fraction of sp³-hybridized carbons (Fsp3) is 0.909. The summed E-state index contributed by atoms with van der Waals surface area (Å²) in [6.07, 6.45) is 4.38. The Labute approximate surface area is 99.8 Å². The molecule has 0 aromatic carbocycles. The quantitative estimate of drug-likeness (QED) is 0.737. The third kappa shape index (κ3) is 7.63. The monoisotopic (exact) mass is 236 g/mol. The lowest BCUT2D eigenvalue weighted by Gasteiger charge is -2.24. The van der Waals surface area contributed by atoms with Crippen molar-refractivity contribution in [2.75, 3.05) is 13.1 Å². The van der Waals surface area contributed by atoms with Gasteiger partial charge in [-0.25, -0.2) is 0 Å². The van der Waals surface area contributed by atoms with Crippen LogP contribution < -0.4 is 5.73 Å². The minimum Gasteiger partial charge on any atom is -0.341 e. The van der Waals surface area contributed by atoms with E-state index in [0.29, 0.717) is 0 Å². The SMILES string of the molecule is CCCCN(CCCC)C(=O)C(C)N.Cl. The lowest BCUT2D eigenvalue weighted by atomic mass is 10.2. The first-order valence-corrected chi connectivity index (χ1v) is 5.67. The van der Waals surface area contributed by atoms with Crippen molar-refractivity contribution in [1.82, 2.24) is 4.90 Å². The fourth-order valence-electron chi connectivity index (χ4n) is 1.32. The van der Waals surface area contributed by atoms with Crippen LogP contribution in [-0.4, -0.2) is 29.9 Å². The molecule has 1 unspecified atom stereocenters. The molecule has 0 aromatic heterocycles. The molecule has 15 heavy (non-hydrogen) atoms. The number of hydrogen-bond acceptors (Lipinski definition) is 2. The summed E-state index contributed by atoms with van der Waals surface area (Å²) in [7, 11) is 0. The van der Waals surface area contributed by atoms with E-state index in [2.05, 4.69) is 13.8 Å². The van der Waals surface area contributed by atoms with Gasteiger partial charge in [0.2, 0.25) is 5.91 Å². The third-order valence-corrected chi connectivity index (χ3v) is 2.26. The van der Waals surface area contributed by atoms with Crippen LogP contribution in [0.4, 0.5) is 0 Å². The minimum absolute atomic E-state index is 0. The molecule has 0 bridgehead atoms. The molecule has 3 nitrogen and oxygen atoms in total. The second-order valence-corrected chi connectivity index (χ2v) is 3.82. The normalized spacial score (nSPS) is 11.7. The Hall–Kier alpha value is -0.280. The zero-order valence-electron chi connectivity index (χ0n) is 10.2. The van der Waals surface area contributed by atoms with E-state index in [1.54, 1.807) is 6.92 Å². The molecule has 0 rings (SSSR count). The summed E-state index contributed by atoms with van der Waals surface area (Å²) < 4.78 is 0. The van der Waals surface area contributed by atoms with Gasteiger partial charge in [-0.05, 0) is 19.8 Å². The van der Waals surface area contributed by atoms with Crippen molar-refractivity contribution in [1.29, 1.82) is 0 Å². The summed E-state index contributed by atoms with van der Waals surface area (Å²) in [6, 6.07) is -0.358. The molecule has 0 aliphatic heterocycles. The molecule has 1 amide bonds. The van der Waals surface area contributed by atoms with Crippen LogP contribution in [0, 0.1) is 0 Å².